The number of aromatic nitrogens is 7. The first-order valence-corrected chi connectivity index (χ1v) is 16.1. The van der Waals surface area contributed by atoms with Gasteiger partial charge in [-0.05, 0) is 54.6 Å². The third-order valence-corrected chi connectivity index (χ3v) is 8.88. The van der Waals surface area contributed by atoms with Crippen LogP contribution in [0.1, 0.15) is 11.4 Å². The van der Waals surface area contributed by atoms with Gasteiger partial charge in [0.15, 0.2) is 23.1 Å². The minimum absolute atomic E-state index is 0.600. The van der Waals surface area contributed by atoms with Crippen LogP contribution in [0, 0.1) is 0 Å². The summed E-state index contributed by atoms with van der Waals surface area (Å²) in [5.41, 5.74) is 9.53. The summed E-state index contributed by atoms with van der Waals surface area (Å²) < 4.78 is 6.59. The molecule has 0 aliphatic rings. The number of para-hydroxylation sites is 2. The molecule has 4 aromatic heterocycles. The summed E-state index contributed by atoms with van der Waals surface area (Å²) in [7, 11) is 0. The Kier molecular flexibility index (Phi) is 6.62. The van der Waals surface area contributed by atoms with Crippen LogP contribution >= 0.6 is 0 Å². The highest BCUT2D eigenvalue weighted by molar-refractivity contribution is 6.07. The molecule has 0 bridgehead atoms. The van der Waals surface area contributed by atoms with E-state index in [1.807, 2.05) is 91.0 Å². The lowest BCUT2D eigenvalue weighted by Crippen LogP contribution is -2.01. The first kappa shape index (κ1) is 28.4. The maximum atomic E-state index is 5.29. The van der Waals surface area contributed by atoms with Gasteiger partial charge in [-0.25, -0.2) is 19.9 Å². The Morgan fingerprint density at radius 3 is 1.51 bits per heavy atom. The van der Waals surface area contributed by atoms with E-state index in [1.54, 1.807) is 0 Å². The molecule has 9 aromatic rings. The molecule has 232 valence electrons. The van der Waals surface area contributed by atoms with E-state index in [0.29, 0.717) is 17.5 Å². The summed E-state index contributed by atoms with van der Waals surface area (Å²) >= 11 is 0. The molecular formula is C42H29N7. The van der Waals surface area contributed by atoms with Gasteiger partial charge in [0.05, 0.1) is 16.9 Å². The maximum absolute atomic E-state index is 5.29. The second-order valence-electron chi connectivity index (χ2n) is 11.7. The minimum Gasteiger partial charge on any atom is -0.294 e. The fourth-order valence-electron chi connectivity index (χ4n) is 6.66. The molecule has 0 N–H and O–H groups in total. The van der Waals surface area contributed by atoms with Crippen LogP contribution < -0.4 is 0 Å². The lowest BCUT2D eigenvalue weighted by molar-refractivity contribution is 1.05. The predicted molar refractivity (Wildman–Crippen MR) is 199 cm³/mol. The van der Waals surface area contributed by atoms with E-state index >= 15 is 0 Å². The number of hydrogen-bond acceptors (Lipinski definition) is 4. The van der Waals surface area contributed by atoms with Crippen molar-refractivity contribution in [2.75, 3.05) is 0 Å². The van der Waals surface area contributed by atoms with Gasteiger partial charge >= 0.3 is 0 Å². The molecule has 0 amide bonds. The van der Waals surface area contributed by atoms with Crippen molar-refractivity contribution in [3.05, 3.63) is 164 Å². The van der Waals surface area contributed by atoms with Crippen molar-refractivity contribution in [2.24, 2.45) is 0 Å². The highest BCUT2D eigenvalue weighted by Crippen LogP contribution is 2.36. The zero-order chi connectivity index (χ0) is 32.9. The van der Waals surface area contributed by atoms with Crippen molar-refractivity contribution in [1.82, 2.24) is 33.5 Å². The molecule has 0 aliphatic carbocycles. The molecule has 0 atom stereocenters. The van der Waals surface area contributed by atoms with Crippen molar-refractivity contribution >= 4 is 40.0 Å². The minimum atomic E-state index is 0.600. The van der Waals surface area contributed by atoms with E-state index in [9.17, 15) is 0 Å². The van der Waals surface area contributed by atoms with E-state index in [1.165, 1.54) is 0 Å². The zero-order valence-corrected chi connectivity index (χ0v) is 26.5. The molecule has 0 spiro atoms. The molecule has 7 heteroatoms. The van der Waals surface area contributed by atoms with Gasteiger partial charge in [-0.3, -0.25) is 13.5 Å². The Labute approximate surface area is 282 Å². The average Bonchev–Trinajstić information content (AvgIpc) is 3.81. The Morgan fingerprint density at radius 2 is 0.939 bits per heavy atom. The van der Waals surface area contributed by atoms with Crippen molar-refractivity contribution in [3.8, 4) is 45.5 Å². The predicted octanol–water partition coefficient (Wildman–Crippen LogP) is 9.69. The normalized spacial score (nSPS) is 11.4. The molecular weight excluding hydrogens is 603 g/mol. The summed E-state index contributed by atoms with van der Waals surface area (Å²) in [6.45, 7) is 8.42. The van der Waals surface area contributed by atoms with Gasteiger partial charge in [0.2, 0.25) is 5.78 Å². The van der Waals surface area contributed by atoms with Crippen LogP contribution in [-0.4, -0.2) is 33.5 Å². The molecule has 0 radical (unpaired) electrons. The Hall–Kier alpha value is -6.86. The SMILES string of the molecule is C=Cc1c(C=C)n2c(nc3c4ccccc4n(-c4ccccc4)c32)n1-c1ccc(-c2nc(-c3ccccc3)nc(-c3ccccc3)n2)cc1. The van der Waals surface area contributed by atoms with Crippen molar-refractivity contribution < 1.29 is 0 Å². The smallest absolute Gasteiger partial charge is 0.221 e. The standard InChI is InChI=1S/C42H29N7/c1-3-34-35(4-2)49-41-37(33-22-14-15-23-36(33)47(41)31-20-12-7-13-21-31)43-42(49)48(34)32-26-24-30(25-27-32)40-45-38(28-16-8-5-9-17-28)44-39(46-40)29-18-10-6-11-19-29/h3-27H,1-2H2. The van der Waals surface area contributed by atoms with Crippen LogP contribution in [0.3, 0.4) is 0 Å². The van der Waals surface area contributed by atoms with Crippen LogP contribution in [0.5, 0.6) is 0 Å². The first-order chi connectivity index (χ1) is 24.2. The number of hydrogen-bond donors (Lipinski definition) is 0. The van der Waals surface area contributed by atoms with E-state index in [2.05, 4.69) is 87.4 Å². The molecule has 49 heavy (non-hydrogen) atoms. The van der Waals surface area contributed by atoms with Gasteiger partial charge in [-0.2, -0.15) is 0 Å². The van der Waals surface area contributed by atoms with Crippen molar-refractivity contribution in [1.29, 1.82) is 0 Å². The Bertz CT molecular complexity index is 2610. The van der Waals surface area contributed by atoms with Gasteiger partial charge in [0, 0.05) is 33.5 Å². The quantitative estimate of drug-likeness (QED) is 0.176. The molecule has 0 fully saturated rings. The summed E-state index contributed by atoms with van der Waals surface area (Å²) in [6.07, 6.45) is 3.75. The van der Waals surface area contributed by atoms with Gasteiger partial charge in [0.1, 0.15) is 5.52 Å². The largest absolute Gasteiger partial charge is 0.294 e. The van der Waals surface area contributed by atoms with E-state index in [0.717, 1.165) is 67.3 Å². The van der Waals surface area contributed by atoms with Crippen LogP contribution in [0.15, 0.2) is 153 Å². The van der Waals surface area contributed by atoms with Crippen LogP contribution in [0.25, 0.3) is 85.5 Å². The second kappa shape index (κ2) is 11.4. The Morgan fingerprint density at radius 1 is 0.449 bits per heavy atom. The van der Waals surface area contributed by atoms with Crippen molar-refractivity contribution in [3.63, 3.8) is 0 Å². The van der Waals surface area contributed by atoms with Gasteiger partial charge in [-0.1, -0.05) is 110 Å². The monoisotopic (exact) mass is 631 g/mol. The average molecular weight is 632 g/mol. The lowest BCUT2D eigenvalue weighted by Gasteiger charge is -2.10. The van der Waals surface area contributed by atoms with E-state index in [4.69, 9.17) is 19.9 Å². The highest BCUT2D eigenvalue weighted by atomic mass is 15.3. The second-order valence-corrected chi connectivity index (χ2v) is 11.7. The van der Waals surface area contributed by atoms with E-state index < -0.39 is 0 Å². The summed E-state index contributed by atoms with van der Waals surface area (Å²) in [5.74, 6) is 2.62. The van der Waals surface area contributed by atoms with E-state index in [-0.39, 0.29) is 0 Å². The summed E-state index contributed by atoms with van der Waals surface area (Å²) in [6, 6.07) is 47.0. The van der Waals surface area contributed by atoms with Gasteiger partial charge < -0.3 is 0 Å². The fourth-order valence-corrected chi connectivity index (χ4v) is 6.66. The molecule has 0 saturated heterocycles. The fraction of sp³-hybridized carbons (Fsp3) is 0. The zero-order valence-electron chi connectivity index (χ0n) is 26.5. The molecule has 0 saturated carbocycles. The molecule has 7 nitrogen and oxygen atoms in total. The molecule has 9 rings (SSSR count). The van der Waals surface area contributed by atoms with Crippen molar-refractivity contribution in [2.45, 2.75) is 0 Å². The van der Waals surface area contributed by atoms with Crippen LogP contribution in [-0.2, 0) is 0 Å². The summed E-state index contributed by atoms with van der Waals surface area (Å²) in [4.78, 5) is 20.0. The van der Waals surface area contributed by atoms with Gasteiger partial charge in [-0.15, -0.1) is 0 Å². The van der Waals surface area contributed by atoms with Gasteiger partial charge in [0.25, 0.3) is 0 Å². The third kappa shape index (κ3) is 4.52. The number of fused-ring (bicyclic) bond motifs is 5. The number of imidazole rings is 2. The highest BCUT2D eigenvalue weighted by Gasteiger charge is 2.25. The number of rotatable bonds is 7. The summed E-state index contributed by atoms with van der Waals surface area (Å²) in [5, 5.41) is 1.08. The third-order valence-electron chi connectivity index (χ3n) is 8.88. The maximum Gasteiger partial charge on any atom is 0.221 e. The molecule has 4 heterocycles. The van der Waals surface area contributed by atoms with Crippen LogP contribution in [0.4, 0.5) is 0 Å². The molecule has 5 aromatic carbocycles. The molecule has 0 aliphatic heterocycles. The Balaban J connectivity index is 1.23. The number of nitrogens with zero attached hydrogens (tertiary/aromatic N) is 7. The number of benzene rings is 5. The first-order valence-electron chi connectivity index (χ1n) is 16.1. The lowest BCUT2D eigenvalue weighted by atomic mass is 10.1. The molecule has 0 unspecified atom stereocenters. The topological polar surface area (TPSA) is 65.8 Å². The van der Waals surface area contributed by atoms with Crippen LogP contribution in [0.2, 0.25) is 0 Å².